The van der Waals surface area contributed by atoms with Crippen LogP contribution in [0.25, 0.3) is 0 Å². The van der Waals surface area contributed by atoms with Gasteiger partial charge in [-0.25, -0.2) is 28.8 Å². The van der Waals surface area contributed by atoms with Crippen LogP contribution in [-0.2, 0) is 66.4 Å². The molecule has 2 heterocycles. The number of allylic oxidation sites excluding steroid dienone is 1. The first-order chi connectivity index (χ1) is 36.8. The maximum atomic E-state index is 14.4. The van der Waals surface area contributed by atoms with Crippen LogP contribution >= 0.6 is 0 Å². The number of ether oxygens (including phenoxy) is 12. The highest BCUT2D eigenvalue weighted by Gasteiger charge is 2.48. The zero-order valence-electron chi connectivity index (χ0n) is 48.4. The summed E-state index contributed by atoms with van der Waals surface area (Å²) in [5, 5.41) is 0. The maximum Gasteiger partial charge on any atom is 0.420 e. The summed E-state index contributed by atoms with van der Waals surface area (Å²) < 4.78 is 148. The van der Waals surface area contributed by atoms with E-state index >= 15 is 0 Å². The molecule has 2 saturated heterocycles. The number of alkyl halides is 6. The summed E-state index contributed by atoms with van der Waals surface area (Å²) >= 11 is 0. The number of hydrogen-bond donors (Lipinski definition) is 0. The third kappa shape index (κ3) is 25.2. The topological polar surface area (TPSA) is 220 Å². The van der Waals surface area contributed by atoms with Crippen LogP contribution in [0.15, 0.2) is 24.3 Å². The number of hydrogen-bond acceptors (Lipinski definition) is 18. The second kappa shape index (κ2) is 30.0. The largest absolute Gasteiger partial charge is 0.458 e. The number of cyclic esters (lactones) is 2. The fraction of sp³-hybridized carbons (Fsp3) is 0.815. The number of imide groups is 2. The van der Waals surface area contributed by atoms with E-state index in [9.17, 15) is 55.1 Å². The predicted molar refractivity (Wildman–Crippen MR) is 273 cm³/mol. The van der Waals surface area contributed by atoms with Gasteiger partial charge < -0.3 is 56.8 Å². The van der Waals surface area contributed by atoms with Crippen LogP contribution in [0.4, 0.5) is 45.5 Å². The third-order valence-electron chi connectivity index (χ3n) is 12.1. The lowest BCUT2D eigenvalue weighted by molar-refractivity contribution is -0.174. The van der Waals surface area contributed by atoms with Crippen molar-refractivity contribution in [3.05, 3.63) is 24.3 Å². The third-order valence-corrected chi connectivity index (χ3v) is 12.1. The van der Waals surface area contributed by atoms with Gasteiger partial charge in [0, 0.05) is 26.1 Å². The van der Waals surface area contributed by atoms with Crippen LogP contribution in [-0.4, -0.2) is 182 Å². The molecule has 80 heavy (non-hydrogen) atoms. The predicted octanol–water partition coefficient (Wildman–Crippen LogP) is 10.6. The van der Waals surface area contributed by atoms with Crippen molar-refractivity contribution in [3.63, 3.8) is 0 Å². The summed E-state index contributed by atoms with van der Waals surface area (Å²) in [4.78, 5) is 85.5. The SMILES string of the molecule is C=C(C)COC1C(C)OC(=O)C(N(C(=O)OC(C)(C)C)C(=O)OC(C)(C)CCC(C)(C)OC(=O)N(C(=O)OC(C)(C)C)C2COCC(OCCCC(F)(F)F)C(OCCCC(F)(F)F)C(C)OC2=O)COCC1OC1C=CCCC1. The molecule has 2 fully saturated rings. The number of esters is 2. The molecule has 9 atom stereocenters. The molecule has 0 bridgehead atoms. The highest BCUT2D eigenvalue weighted by Crippen LogP contribution is 2.31. The number of halogens is 6. The Balaban J connectivity index is 1.89. The molecular formula is C54H84F6N2O18. The quantitative estimate of drug-likeness (QED) is 0.0364. The first kappa shape index (κ1) is 69.5. The lowest BCUT2D eigenvalue weighted by atomic mass is 9.94. The Morgan fingerprint density at radius 2 is 1.01 bits per heavy atom. The Morgan fingerprint density at radius 3 is 1.41 bits per heavy atom. The van der Waals surface area contributed by atoms with Crippen molar-refractivity contribution in [2.75, 3.05) is 46.2 Å². The highest BCUT2D eigenvalue weighted by molar-refractivity contribution is 5.95. The molecule has 0 N–H and O–H groups in total. The van der Waals surface area contributed by atoms with E-state index in [1.165, 1.54) is 55.4 Å². The molecule has 26 heteroatoms. The number of nitrogens with zero attached hydrogens (tertiary/aromatic N) is 2. The minimum atomic E-state index is -4.53. The standard InChI is InChI=1S/C54H84F6N2O18/c1-33(2)28-73-42-35(4)75-44(64)38(30-70-32-40(42)76-36-20-16-15-17-21-36)62(46(66)78-50(8,9)10)48(68)80-52(13,14)25-24-51(11,12)79-47(67)61(45(65)77-49(5,6)7)37-29-69-31-39(71-26-18-22-53(55,56)57)41(34(3)74-43(37)63)72-27-19-23-54(58,59)60/h16,20,34-42H,1,15,17-19,21-32H2,2-14H3. The number of carbonyl (C=O) groups is 6. The molecule has 4 amide bonds. The van der Waals surface area contributed by atoms with E-state index in [1.54, 1.807) is 34.6 Å². The van der Waals surface area contributed by atoms with E-state index in [-0.39, 0.29) is 32.2 Å². The minimum Gasteiger partial charge on any atom is -0.458 e. The fourth-order valence-electron chi connectivity index (χ4n) is 8.20. The van der Waals surface area contributed by atoms with Crippen LogP contribution in [0.5, 0.6) is 0 Å². The van der Waals surface area contributed by atoms with Gasteiger partial charge in [-0.2, -0.15) is 36.1 Å². The molecule has 0 aromatic rings. The first-order valence-electron chi connectivity index (χ1n) is 26.8. The van der Waals surface area contributed by atoms with Crippen molar-refractivity contribution in [1.29, 1.82) is 0 Å². The molecular weight excluding hydrogens is 1080 g/mol. The molecule has 0 radical (unpaired) electrons. The molecule has 0 aromatic carbocycles. The van der Waals surface area contributed by atoms with Crippen molar-refractivity contribution in [3.8, 4) is 0 Å². The van der Waals surface area contributed by atoms with Gasteiger partial charge in [0.2, 0.25) is 0 Å². The number of carbonyl (C=O) groups excluding carboxylic acids is 6. The lowest BCUT2D eigenvalue weighted by Gasteiger charge is -2.36. The summed E-state index contributed by atoms with van der Waals surface area (Å²) in [6.07, 6.45) is -18.8. The Bertz CT molecular complexity index is 2090. The lowest BCUT2D eigenvalue weighted by Crippen LogP contribution is -2.55. The van der Waals surface area contributed by atoms with Gasteiger partial charge in [-0.1, -0.05) is 24.3 Å². The summed E-state index contributed by atoms with van der Waals surface area (Å²) in [6, 6.07) is -3.71. The van der Waals surface area contributed by atoms with E-state index in [1.807, 2.05) is 12.2 Å². The molecule has 0 aromatic heterocycles. The van der Waals surface area contributed by atoms with Gasteiger partial charge in [0.05, 0.1) is 39.1 Å². The van der Waals surface area contributed by atoms with Gasteiger partial charge in [-0.15, -0.1) is 0 Å². The van der Waals surface area contributed by atoms with E-state index in [0.29, 0.717) is 15.4 Å². The van der Waals surface area contributed by atoms with Gasteiger partial charge in [0.15, 0.2) is 12.1 Å². The van der Waals surface area contributed by atoms with Gasteiger partial charge in [-0.3, -0.25) is 0 Å². The van der Waals surface area contributed by atoms with Crippen LogP contribution < -0.4 is 0 Å². The molecule has 9 unspecified atom stereocenters. The minimum absolute atomic E-state index is 0.100. The Hall–Kier alpha value is -4.76. The van der Waals surface area contributed by atoms with Crippen LogP contribution in [0.3, 0.4) is 0 Å². The van der Waals surface area contributed by atoms with Crippen molar-refractivity contribution >= 4 is 36.3 Å². The van der Waals surface area contributed by atoms with Gasteiger partial charge >= 0.3 is 48.7 Å². The highest BCUT2D eigenvalue weighted by atomic mass is 19.4. The monoisotopic (exact) mass is 1160 g/mol. The Morgan fingerprint density at radius 1 is 0.600 bits per heavy atom. The zero-order chi connectivity index (χ0) is 60.6. The molecule has 0 saturated carbocycles. The van der Waals surface area contributed by atoms with Crippen LogP contribution in [0, 0.1) is 0 Å². The fourth-order valence-corrected chi connectivity index (χ4v) is 8.20. The molecule has 3 rings (SSSR count). The molecule has 460 valence electrons. The number of rotatable bonds is 20. The Kier molecular flexibility index (Phi) is 26.1. The van der Waals surface area contributed by atoms with Crippen LogP contribution in [0.1, 0.15) is 148 Å². The van der Waals surface area contributed by atoms with Gasteiger partial charge in [0.1, 0.15) is 59.0 Å². The molecule has 2 aliphatic heterocycles. The molecule has 20 nitrogen and oxygen atoms in total. The van der Waals surface area contributed by atoms with Gasteiger partial charge in [-0.05, 0) is 135 Å². The van der Waals surface area contributed by atoms with Gasteiger partial charge in [0.25, 0.3) is 0 Å². The van der Waals surface area contributed by atoms with E-state index < -0.39 is 178 Å². The van der Waals surface area contributed by atoms with E-state index in [2.05, 4.69) is 6.58 Å². The summed E-state index contributed by atoms with van der Waals surface area (Å²) in [7, 11) is 0. The first-order valence-corrected chi connectivity index (χ1v) is 26.8. The van der Waals surface area contributed by atoms with Crippen molar-refractivity contribution in [2.45, 2.75) is 237 Å². The average molecular weight is 1160 g/mol. The van der Waals surface area contributed by atoms with Crippen molar-refractivity contribution in [2.24, 2.45) is 0 Å². The summed E-state index contributed by atoms with van der Waals surface area (Å²) in [5.74, 6) is -2.33. The van der Waals surface area contributed by atoms with Crippen molar-refractivity contribution in [1.82, 2.24) is 9.80 Å². The number of amides is 4. The normalized spacial score (nSPS) is 25.0. The maximum absolute atomic E-state index is 14.4. The molecule has 1 aliphatic carbocycles. The van der Waals surface area contributed by atoms with E-state index in [0.717, 1.165) is 19.3 Å². The van der Waals surface area contributed by atoms with Crippen LogP contribution in [0.2, 0.25) is 0 Å². The molecule has 0 spiro atoms. The summed E-state index contributed by atoms with van der Waals surface area (Å²) in [5.41, 5.74) is -4.87. The second-order valence-corrected chi connectivity index (χ2v) is 23.3. The zero-order valence-corrected chi connectivity index (χ0v) is 48.4. The van der Waals surface area contributed by atoms with Crippen molar-refractivity contribution < 1.29 is 112 Å². The van der Waals surface area contributed by atoms with E-state index in [4.69, 9.17) is 56.8 Å². The second-order valence-electron chi connectivity index (χ2n) is 23.3. The Labute approximate surface area is 465 Å². The smallest absolute Gasteiger partial charge is 0.420 e. The average Bonchev–Trinajstić information content (AvgIpc) is 3.37. The molecule has 3 aliphatic rings. The summed E-state index contributed by atoms with van der Waals surface area (Å²) in [6.45, 7) is 20.4.